The predicted octanol–water partition coefficient (Wildman–Crippen LogP) is 1.86. The van der Waals surface area contributed by atoms with E-state index in [0.717, 1.165) is 16.7 Å². The molecule has 0 fully saturated rings. The Morgan fingerprint density at radius 3 is 2.27 bits per heavy atom. The largest absolute Gasteiger partial charge is 0.340 e. The van der Waals surface area contributed by atoms with Gasteiger partial charge in [-0.05, 0) is 16.7 Å². The van der Waals surface area contributed by atoms with E-state index in [1.807, 2.05) is 54.6 Å². The first-order chi connectivity index (χ1) is 12.5. The van der Waals surface area contributed by atoms with Gasteiger partial charge in [-0.2, -0.15) is 0 Å². The molecule has 2 aromatic carbocycles. The van der Waals surface area contributed by atoms with Crippen molar-refractivity contribution in [2.75, 3.05) is 7.05 Å². The highest BCUT2D eigenvalue weighted by Crippen LogP contribution is 2.19. The second kappa shape index (κ2) is 7.65. The number of carbonyl (C=O) groups excluding carboxylic acids is 1. The Morgan fingerprint density at radius 1 is 0.962 bits per heavy atom. The molecule has 6 nitrogen and oxygen atoms in total. The number of amides is 1. The Morgan fingerprint density at radius 2 is 1.62 bits per heavy atom. The molecule has 0 radical (unpaired) electrons. The minimum absolute atomic E-state index is 0.117. The average molecular weight is 349 g/mol. The summed E-state index contributed by atoms with van der Waals surface area (Å²) in [6, 6.07) is 19.3. The number of nitrogens with zero attached hydrogens (tertiary/aromatic N) is 2. The number of hydrogen-bond donors (Lipinski definition) is 1. The molecule has 1 amide bonds. The van der Waals surface area contributed by atoms with Gasteiger partial charge in [-0.15, -0.1) is 0 Å². The Balaban J connectivity index is 1.65. The van der Waals surface area contributed by atoms with Crippen LogP contribution < -0.4 is 11.2 Å². The molecule has 0 bridgehead atoms. The van der Waals surface area contributed by atoms with Gasteiger partial charge < -0.3 is 4.90 Å². The molecule has 3 rings (SSSR count). The van der Waals surface area contributed by atoms with Gasteiger partial charge in [-0.3, -0.25) is 19.1 Å². The maximum atomic E-state index is 12.3. The first kappa shape index (κ1) is 17.4. The van der Waals surface area contributed by atoms with Crippen LogP contribution in [0.3, 0.4) is 0 Å². The predicted molar refractivity (Wildman–Crippen MR) is 99.7 cm³/mol. The van der Waals surface area contributed by atoms with Crippen LogP contribution in [0.25, 0.3) is 11.1 Å². The third-order valence-electron chi connectivity index (χ3n) is 4.11. The molecule has 1 aromatic heterocycles. The van der Waals surface area contributed by atoms with Crippen molar-refractivity contribution in [2.45, 2.75) is 13.1 Å². The van der Waals surface area contributed by atoms with Gasteiger partial charge in [0.05, 0.1) is 0 Å². The lowest BCUT2D eigenvalue weighted by Gasteiger charge is -2.18. The van der Waals surface area contributed by atoms with Gasteiger partial charge in [0.15, 0.2) is 0 Å². The van der Waals surface area contributed by atoms with Gasteiger partial charge in [0, 0.05) is 25.9 Å². The van der Waals surface area contributed by atoms with Crippen LogP contribution in [0.5, 0.6) is 0 Å². The van der Waals surface area contributed by atoms with Crippen LogP contribution in [0.2, 0.25) is 0 Å². The van der Waals surface area contributed by atoms with Crippen molar-refractivity contribution in [1.29, 1.82) is 0 Å². The molecule has 0 spiro atoms. The van der Waals surface area contributed by atoms with E-state index in [2.05, 4.69) is 4.98 Å². The zero-order valence-corrected chi connectivity index (χ0v) is 14.4. The number of rotatable bonds is 5. The number of nitrogens with one attached hydrogen (secondary N) is 1. The third kappa shape index (κ3) is 4.16. The average Bonchev–Trinajstić information content (AvgIpc) is 2.65. The molecule has 0 aliphatic heterocycles. The summed E-state index contributed by atoms with van der Waals surface area (Å²) in [4.78, 5) is 38.7. The molecule has 0 unspecified atom stereocenters. The van der Waals surface area contributed by atoms with Gasteiger partial charge in [-0.25, -0.2) is 4.79 Å². The number of H-pyrrole nitrogens is 1. The van der Waals surface area contributed by atoms with Crippen molar-refractivity contribution >= 4 is 5.91 Å². The van der Waals surface area contributed by atoms with Crippen LogP contribution in [-0.2, 0) is 17.9 Å². The van der Waals surface area contributed by atoms with Crippen molar-refractivity contribution < 1.29 is 4.79 Å². The number of carbonyl (C=O) groups is 1. The maximum Gasteiger partial charge on any atom is 0.328 e. The Hall–Kier alpha value is -3.41. The van der Waals surface area contributed by atoms with Crippen molar-refractivity contribution in [3.63, 3.8) is 0 Å². The fraction of sp³-hybridized carbons (Fsp3) is 0.150. The summed E-state index contributed by atoms with van der Waals surface area (Å²) in [6.07, 6.45) is 1.32. The van der Waals surface area contributed by atoms with Crippen LogP contribution >= 0.6 is 0 Å². The SMILES string of the molecule is CN(Cc1ccc(-c2ccccc2)cc1)C(=O)Cn1ccc(=O)[nH]c1=O. The molecule has 132 valence electrons. The van der Waals surface area contributed by atoms with Crippen LogP contribution in [0.4, 0.5) is 0 Å². The summed E-state index contributed by atoms with van der Waals surface area (Å²) in [5.74, 6) is -0.216. The summed E-state index contributed by atoms with van der Waals surface area (Å²) in [6.45, 7) is 0.320. The fourth-order valence-electron chi connectivity index (χ4n) is 2.63. The third-order valence-corrected chi connectivity index (χ3v) is 4.11. The minimum atomic E-state index is -0.591. The lowest BCUT2D eigenvalue weighted by atomic mass is 10.0. The van der Waals surface area contributed by atoms with Gasteiger partial charge in [0.2, 0.25) is 5.91 Å². The van der Waals surface area contributed by atoms with Crippen molar-refractivity contribution in [2.24, 2.45) is 0 Å². The molecule has 1 heterocycles. The van der Waals surface area contributed by atoms with Gasteiger partial charge in [0.25, 0.3) is 5.56 Å². The number of hydrogen-bond acceptors (Lipinski definition) is 3. The summed E-state index contributed by atoms with van der Waals surface area (Å²) in [5.41, 5.74) is 2.18. The fourth-order valence-corrected chi connectivity index (χ4v) is 2.63. The van der Waals surface area contributed by atoms with Crippen LogP contribution in [0.1, 0.15) is 5.56 Å². The Kier molecular flexibility index (Phi) is 5.12. The monoisotopic (exact) mass is 349 g/mol. The molecule has 1 N–H and O–H groups in total. The maximum absolute atomic E-state index is 12.3. The Labute approximate surface area is 150 Å². The molecule has 0 aliphatic carbocycles. The quantitative estimate of drug-likeness (QED) is 0.764. The molecular weight excluding hydrogens is 330 g/mol. The van der Waals surface area contributed by atoms with E-state index in [9.17, 15) is 14.4 Å². The number of benzene rings is 2. The van der Waals surface area contributed by atoms with Crippen molar-refractivity contribution in [1.82, 2.24) is 14.5 Å². The molecular formula is C20H19N3O3. The standard InChI is InChI=1S/C20H19N3O3/c1-22(19(25)14-23-12-11-18(24)21-20(23)26)13-15-7-9-17(10-8-15)16-5-3-2-4-6-16/h2-12H,13-14H2,1H3,(H,21,24,26). The molecule has 3 aromatic rings. The lowest BCUT2D eigenvalue weighted by Crippen LogP contribution is -2.36. The first-order valence-electron chi connectivity index (χ1n) is 8.21. The van der Waals surface area contributed by atoms with Crippen LogP contribution in [0, 0.1) is 0 Å². The number of likely N-dealkylation sites (N-methyl/N-ethyl adjacent to an activating group) is 1. The molecule has 6 heteroatoms. The number of aromatic amines is 1. The highest BCUT2D eigenvalue weighted by atomic mass is 16.2. The highest BCUT2D eigenvalue weighted by Gasteiger charge is 2.11. The van der Waals surface area contributed by atoms with Crippen LogP contribution in [0.15, 0.2) is 76.4 Å². The lowest BCUT2D eigenvalue weighted by molar-refractivity contribution is -0.131. The van der Waals surface area contributed by atoms with E-state index in [1.165, 1.54) is 16.8 Å². The summed E-state index contributed by atoms with van der Waals surface area (Å²) >= 11 is 0. The van der Waals surface area contributed by atoms with E-state index < -0.39 is 11.2 Å². The minimum Gasteiger partial charge on any atom is -0.340 e. The molecule has 0 saturated heterocycles. The molecule has 26 heavy (non-hydrogen) atoms. The van der Waals surface area contributed by atoms with Crippen molar-refractivity contribution in [3.05, 3.63) is 93.3 Å². The second-order valence-electron chi connectivity index (χ2n) is 6.05. The smallest absolute Gasteiger partial charge is 0.328 e. The van der Waals surface area contributed by atoms with Crippen LogP contribution in [-0.4, -0.2) is 27.4 Å². The summed E-state index contributed by atoms with van der Waals surface area (Å²) in [7, 11) is 1.68. The molecule has 0 atom stereocenters. The first-order valence-corrected chi connectivity index (χ1v) is 8.21. The zero-order valence-electron chi connectivity index (χ0n) is 14.4. The summed E-state index contributed by atoms with van der Waals surface area (Å²) in [5, 5.41) is 0. The second-order valence-corrected chi connectivity index (χ2v) is 6.05. The van der Waals surface area contributed by atoms with Gasteiger partial charge in [-0.1, -0.05) is 54.6 Å². The topological polar surface area (TPSA) is 75.2 Å². The highest BCUT2D eigenvalue weighted by molar-refractivity contribution is 5.75. The van der Waals surface area contributed by atoms with E-state index >= 15 is 0 Å². The zero-order chi connectivity index (χ0) is 18.5. The summed E-state index contributed by atoms with van der Waals surface area (Å²) < 4.78 is 1.18. The van der Waals surface area contributed by atoms with E-state index in [1.54, 1.807) is 11.9 Å². The normalized spacial score (nSPS) is 10.5. The molecule has 0 saturated carbocycles. The van der Waals surface area contributed by atoms with Gasteiger partial charge >= 0.3 is 5.69 Å². The van der Waals surface area contributed by atoms with Gasteiger partial charge in [0.1, 0.15) is 6.54 Å². The van der Waals surface area contributed by atoms with Crippen molar-refractivity contribution in [3.8, 4) is 11.1 Å². The van der Waals surface area contributed by atoms with E-state index in [0.29, 0.717) is 6.54 Å². The Bertz CT molecular complexity index is 1000. The van der Waals surface area contributed by atoms with E-state index in [-0.39, 0.29) is 12.5 Å². The molecule has 0 aliphatic rings. The number of aromatic nitrogens is 2. The van der Waals surface area contributed by atoms with E-state index in [4.69, 9.17) is 0 Å².